The largest absolute Gasteiger partial charge is 0.294 e. The third-order valence-corrected chi connectivity index (χ3v) is 5.72. The van der Waals surface area contributed by atoms with Crippen LogP contribution in [0.5, 0.6) is 0 Å². The Kier molecular flexibility index (Phi) is 3.80. The lowest BCUT2D eigenvalue weighted by atomic mass is 10.00. The van der Waals surface area contributed by atoms with E-state index in [1.807, 2.05) is 60.7 Å². The van der Waals surface area contributed by atoms with Gasteiger partial charge in [0.05, 0.1) is 23.7 Å². The van der Waals surface area contributed by atoms with Crippen LogP contribution in [0.4, 0.5) is 0 Å². The summed E-state index contributed by atoms with van der Waals surface area (Å²) in [5.41, 5.74) is 4.96. The Morgan fingerprint density at radius 1 is 1.25 bits per heavy atom. The zero-order chi connectivity index (χ0) is 19.3. The number of carbonyl (C=O) groups is 1. The van der Waals surface area contributed by atoms with Crippen LogP contribution in [0.2, 0.25) is 0 Å². The van der Waals surface area contributed by atoms with E-state index in [2.05, 4.69) is 20.2 Å². The van der Waals surface area contributed by atoms with E-state index in [-0.39, 0.29) is 12.2 Å². The van der Waals surface area contributed by atoms with Crippen LogP contribution in [0, 0.1) is 6.92 Å². The number of fused-ring (bicyclic) bond motifs is 2. The van der Waals surface area contributed by atoms with Crippen molar-refractivity contribution in [3.8, 4) is 11.1 Å². The van der Waals surface area contributed by atoms with Crippen molar-refractivity contribution < 1.29 is 4.79 Å². The summed E-state index contributed by atoms with van der Waals surface area (Å²) in [6.45, 7) is 1.93. The molecule has 0 amide bonds. The Hall–Kier alpha value is -3.39. The predicted octanol–water partition coefficient (Wildman–Crippen LogP) is 3.47. The third-order valence-electron chi connectivity index (χ3n) is 4.76. The Morgan fingerprint density at radius 3 is 2.96 bits per heavy atom. The number of Topliss-reactive ketones (excluding diaryl/α,β-unsaturated/α-hetero) is 1. The zero-order valence-corrected chi connectivity index (χ0v) is 16.1. The molecule has 0 bridgehead atoms. The Bertz CT molecular complexity index is 1350. The summed E-state index contributed by atoms with van der Waals surface area (Å²) in [7, 11) is 1.91. The van der Waals surface area contributed by atoms with Gasteiger partial charge in [0.1, 0.15) is 11.3 Å². The van der Waals surface area contributed by atoms with Gasteiger partial charge in [-0.15, -0.1) is 11.3 Å². The lowest BCUT2D eigenvalue weighted by Crippen LogP contribution is -2.07. The van der Waals surface area contributed by atoms with Crippen LogP contribution in [0.15, 0.2) is 48.4 Å². The highest BCUT2D eigenvalue weighted by Gasteiger charge is 2.18. The van der Waals surface area contributed by atoms with Crippen LogP contribution in [-0.4, -0.2) is 35.1 Å². The van der Waals surface area contributed by atoms with Gasteiger partial charge < -0.3 is 0 Å². The number of carbonyl (C=O) groups excluding carboxylic acids is 1. The molecule has 0 N–H and O–H groups in total. The minimum absolute atomic E-state index is 0.0208. The Labute approximate surface area is 164 Å². The lowest BCUT2D eigenvalue weighted by molar-refractivity contribution is 0.0994. The van der Waals surface area contributed by atoms with E-state index in [1.54, 1.807) is 4.52 Å². The highest BCUT2D eigenvalue weighted by atomic mass is 32.1. The summed E-state index contributed by atoms with van der Waals surface area (Å²) < 4.78 is 3.49. The molecule has 0 saturated heterocycles. The highest BCUT2D eigenvalue weighted by Crippen LogP contribution is 2.30. The van der Waals surface area contributed by atoms with Crippen LogP contribution < -0.4 is 0 Å². The van der Waals surface area contributed by atoms with Crippen molar-refractivity contribution in [1.82, 2.24) is 29.4 Å². The lowest BCUT2D eigenvalue weighted by Gasteiger charge is -2.08. The van der Waals surface area contributed by atoms with Gasteiger partial charge in [-0.2, -0.15) is 10.2 Å². The van der Waals surface area contributed by atoms with E-state index >= 15 is 0 Å². The molecular formula is C20H16N6OS. The van der Waals surface area contributed by atoms with Gasteiger partial charge in [-0.25, -0.2) is 14.5 Å². The first-order valence-corrected chi connectivity index (χ1v) is 9.67. The van der Waals surface area contributed by atoms with Crippen molar-refractivity contribution in [2.45, 2.75) is 13.3 Å². The topological polar surface area (TPSA) is 78.0 Å². The smallest absolute Gasteiger partial charge is 0.173 e. The molecule has 8 heteroatoms. The van der Waals surface area contributed by atoms with Gasteiger partial charge in [0.25, 0.3) is 0 Å². The normalized spacial score (nSPS) is 11.5. The van der Waals surface area contributed by atoms with Crippen molar-refractivity contribution in [3.63, 3.8) is 0 Å². The summed E-state index contributed by atoms with van der Waals surface area (Å²) in [6, 6.07) is 7.94. The molecule has 0 aliphatic rings. The molecule has 0 atom stereocenters. The van der Waals surface area contributed by atoms with Crippen LogP contribution in [0.3, 0.4) is 0 Å². The molecule has 5 rings (SSSR count). The highest BCUT2D eigenvalue weighted by molar-refractivity contribution is 7.09. The number of aromatic nitrogens is 6. The van der Waals surface area contributed by atoms with E-state index in [1.165, 1.54) is 17.7 Å². The molecule has 7 nitrogen and oxygen atoms in total. The molecule has 0 aliphatic heterocycles. The molecule has 4 heterocycles. The number of benzene rings is 1. The van der Waals surface area contributed by atoms with Crippen molar-refractivity contribution in [2.24, 2.45) is 7.05 Å². The fraction of sp³-hybridized carbons (Fsp3) is 0.150. The fourth-order valence-corrected chi connectivity index (χ4v) is 4.20. The average Bonchev–Trinajstić information content (AvgIpc) is 3.41. The number of hydrogen-bond donors (Lipinski definition) is 0. The quantitative estimate of drug-likeness (QED) is 0.441. The molecule has 1 aromatic carbocycles. The maximum absolute atomic E-state index is 13.1. The Balaban J connectivity index is 1.66. The standard InChI is InChI=1S/C20H16N6OS/c1-12-10-28-19(24-12)7-18(27)15-6-13(9-26-20(15)21-11-23-26)14-4-3-5-17-16(14)8-22-25(17)2/h3-6,8-11H,7H2,1-2H3. The molecule has 0 radical (unpaired) electrons. The SMILES string of the molecule is Cc1csc(CC(=O)c2cc(-c3cccc4c3cnn4C)cn3ncnc23)n1. The molecule has 0 fully saturated rings. The van der Waals surface area contributed by atoms with Gasteiger partial charge in [0.15, 0.2) is 11.4 Å². The summed E-state index contributed by atoms with van der Waals surface area (Å²) in [5, 5.41) is 12.4. The van der Waals surface area contributed by atoms with Crippen LogP contribution in [0.1, 0.15) is 21.1 Å². The number of nitrogens with zero attached hydrogens (tertiary/aromatic N) is 6. The van der Waals surface area contributed by atoms with Gasteiger partial charge in [-0.1, -0.05) is 12.1 Å². The third kappa shape index (κ3) is 2.69. The second-order valence-electron chi connectivity index (χ2n) is 6.66. The molecule has 5 aromatic rings. The fourth-order valence-electron chi connectivity index (χ4n) is 3.42. The van der Waals surface area contributed by atoms with Crippen LogP contribution >= 0.6 is 11.3 Å². The van der Waals surface area contributed by atoms with Gasteiger partial charge in [-0.3, -0.25) is 9.48 Å². The van der Waals surface area contributed by atoms with Gasteiger partial charge >= 0.3 is 0 Å². The molecule has 0 unspecified atom stereocenters. The number of thiazole rings is 1. The van der Waals surface area contributed by atoms with Crippen molar-refractivity contribution in [3.05, 3.63) is 64.6 Å². The molecule has 0 spiro atoms. The Morgan fingerprint density at radius 2 is 2.14 bits per heavy atom. The molecule has 28 heavy (non-hydrogen) atoms. The maximum Gasteiger partial charge on any atom is 0.173 e. The maximum atomic E-state index is 13.1. The first-order chi connectivity index (χ1) is 13.6. The average molecular weight is 388 g/mol. The van der Waals surface area contributed by atoms with E-state index in [4.69, 9.17) is 0 Å². The summed E-state index contributed by atoms with van der Waals surface area (Å²) in [6.07, 6.45) is 5.46. The minimum atomic E-state index is -0.0208. The number of ketones is 1. The van der Waals surface area contributed by atoms with Crippen molar-refractivity contribution in [2.75, 3.05) is 0 Å². The van der Waals surface area contributed by atoms with E-state index in [0.29, 0.717) is 11.2 Å². The summed E-state index contributed by atoms with van der Waals surface area (Å²) >= 11 is 1.50. The van der Waals surface area contributed by atoms with Gasteiger partial charge in [0.2, 0.25) is 0 Å². The number of aryl methyl sites for hydroxylation is 2. The van der Waals surface area contributed by atoms with Crippen LogP contribution in [-0.2, 0) is 13.5 Å². The van der Waals surface area contributed by atoms with Gasteiger partial charge in [-0.05, 0) is 24.6 Å². The monoisotopic (exact) mass is 388 g/mol. The predicted molar refractivity (Wildman–Crippen MR) is 108 cm³/mol. The number of hydrogen-bond acceptors (Lipinski definition) is 6. The second-order valence-corrected chi connectivity index (χ2v) is 7.60. The number of pyridine rings is 1. The van der Waals surface area contributed by atoms with E-state index in [0.717, 1.165) is 32.7 Å². The molecule has 4 aromatic heterocycles. The first kappa shape index (κ1) is 16.8. The zero-order valence-electron chi connectivity index (χ0n) is 15.3. The van der Waals surface area contributed by atoms with Gasteiger partial charge in [0, 0.05) is 35.3 Å². The first-order valence-electron chi connectivity index (χ1n) is 8.79. The van der Waals surface area contributed by atoms with E-state index < -0.39 is 0 Å². The second kappa shape index (κ2) is 6.35. The van der Waals surface area contributed by atoms with E-state index in [9.17, 15) is 4.79 Å². The molecular weight excluding hydrogens is 372 g/mol. The van der Waals surface area contributed by atoms with Crippen LogP contribution in [0.25, 0.3) is 27.7 Å². The molecule has 0 saturated carbocycles. The van der Waals surface area contributed by atoms with Crippen molar-refractivity contribution >= 4 is 33.7 Å². The summed E-state index contributed by atoms with van der Waals surface area (Å²) in [4.78, 5) is 21.8. The van der Waals surface area contributed by atoms with Crippen molar-refractivity contribution in [1.29, 1.82) is 0 Å². The minimum Gasteiger partial charge on any atom is -0.294 e. The summed E-state index contributed by atoms with van der Waals surface area (Å²) in [5.74, 6) is -0.0208. The molecule has 0 aliphatic carbocycles. The molecule has 138 valence electrons. The number of rotatable bonds is 4.